The molecule has 1 aromatic carbocycles. The van der Waals surface area contributed by atoms with Gasteiger partial charge in [-0.05, 0) is 51.5 Å². The van der Waals surface area contributed by atoms with Crippen LogP contribution in [0.2, 0.25) is 0 Å². The standard InChI is InChI=1S/C26H31N5O4/c1-16-27-10-9-24(29-16)35-19-5-3-18(4-6-19)34-23-12-17(31-14-20-7-8-21(15-31)33-20)11-22-26(23)30(2)25(32)13-28-22/h9-13,18-21H,3-8,14-15H2,1-2H3/t18-,19+,20?,21?. The highest BCUT2D eigenvalue weighted by Gasteiger charge is 2.34. The summed E-state index contributed by atoms with van der Waals surface area (Å²) in [6.45, 7) is 3.61. The summed E-state index contributed by atoms with van der Waals surface area (Å²) in [5, 5.41) is 0. The Morgan fingerprint density at radius 1 is 0.971 bits per heavy atom. The fourth-order valence-electron chi connectivity index (χ4n) is 5.55. The van der Waals surface area contributed by atoms with Crippen molar-refractivity contribution in [2.75, 3.05) is 18.0 Å². The molecule has 2 atom stereocenters. The molecular formula is C26H31N5O4. The fraction of sp³-hybridized carbons (Fsp3) is 0.538. The molecule has 0 N–H and O–H groups in total. The van der Waals surface area contributed by atoms with Gasteiger partial charge in [0.1, 0.15) is 23.2 Å². The number of nitrogens with zero attached hydrogens (tertiary/aromatic N) is 5. The third-order valence-corrected chi connectivity index (χ3v) is 7.38. The molecule has 2 saturated heterocycles. The summed E-state index contributed by atoms with van der Waals surface area (Å²) in [7, 11) is 1.78. The molecule has 1 saturated carbocycles. The Hall–Kier alpha value is -3.20. The number of anilines is 1. The number of rotatable bonds is 5. The van der Waals surface area contributed by atoms with E-state index < -0.39 is 0 Å². The van der Waals surface area contributed by atoms with Crippen molar-refractivity contribution < 1.29 is 14.2 Å². The molecule has 4 heterocycles. The molecule has 3 aliphatic rings. The highest BCUT2D eigenvalue weighted by Crippen LogP contribution is 2.36. The van der Waals surface area contributed by atoms with Gasteiger partial charge in [0, 0.05) is 44.2 Å². The van der Waals surface area contributed by atoms with Crippen molar-refractivity contribution in [1.29, 1.82) is 0 Å². The zero-order valence-electron chi connectivity index (χ0n) is 20.2. The normalized spacial score (nSPS) is 26.2. The van der Waals surface area contributed by atoms with Gasteiger partial charge in [-0.25, -0.2) is 9.97 Å². The van der Waals surface area contributed by atoms with Gasteiger partial charge in [0.15, 0.2) is 0 Å². The average molecular weight is 478 g/mol. The lowest BCUT2D eigenvalue weighted by Crippen LogP contribution is -2.42. The summed E-state index contributed by atoms with van der Waals surface area (Å²) in [4.78, 5) is 27.7. The van der Waals surface area contributed by atoms with E-state index in [2.05, 4.69) is 32.0 Å². The van der Waals surface area contributed by atoms with Gasteiger partial charge < -0.3 is 23.7 Å². The van der Waals surface area contributed by atoms with Crippen LogP contribution in [0.4, 0.5) is 5.69 Å². The van der Waals surface area contributed by atoms with Crippen LogP contribution in [0.15, 0.2) is 35.4 Å². The van der Waals surface area contributed by atoms with E-state index in [1.54, 1.807) is 23.9 Å². The summed E-state index contributed by atoms with van der Waals surface area (Å²) in [6, 6.07) is 5.96. The first kappa shape index (κ1) is 22.3. The number of benzene rings is 1. The lowest BCUT2D eigenvalue weighted by molar-refractivity contribution is 0.0304. The second-order valence-corrected chi connectivity index (χ2v) is 9.91. The van der Waals surface area contributed by atoms with E-state index in [4.69, 9.17) is 14.2 Å². The van der Waals surface area contributed by atoms with E-state index in [1.165, 1.54) is 6.20 Å². The largest absolute Gasteiger partial charge is 0.488 e. The minimum Gasteiger partial charge on any atom is -0.488 e. The molecule has 6 rings (SSSR count). The van der Waals surface area contributed by atoms with Crippen molar-refractivity contribution >= 4 is 16.7 Å². The van der Waals surface area contributed by atoms with Crippen LogP contribution in [0.1, 0.15) is 44.3 Å². The summed E-state index contributed by atoms with van der Waals surface area (Å²) < 4.78 is 20.3. The van der Waals surface area contributed by atoms with E-state index in [0.717, 1.165) is 74.1 Å². The van der Waals surface area contributed by atoms with Gasteiger partial charge in [0.25, 0.3) is 5.56 Å². The summed E-state index contributed by atoms with van der Waals surface area (Å²) >= 11 is 0. The first-order valence-electron chi connectivity index (χ1n) is 12.5. The first-order valence-corrected chi connectivity index (χ1v) is 12.5. The molecule has 184 valence electrons. The third-order valence-electron chi connectivity index (χ3n) is 7.38. The third kappa shape index (κ3) is 4.57. The zero-order valence-corrected chi connectivity index (χ0v) is 20.2. The maximum Gasteiger partial charge on any atom is 0.269 e. The molecule has 0 amide bonds. The minimum absolute atomic E-state index is 0.0524. The highest BCUT2D eigenvalue weighted by molar-refractivity contribution is 5.86. The smallest absolute Gasteiger partial charge is 0.269 e. The van der Waals surface area contributed by atoms with Crippen LogP contribution in [0.3, 0.4) is 0 Å². The van der Waals surface area contributed by atoms with Crippen LogP contribution in [-0.4, -0.2) is 57.0 Å². The second-order valence-electron chi connectivity index (χ2n) is 9.91. The predicted octanol–water partition coefficient (Wildman–Crippen LogP) is 3.17. The van der Waals surface area contributed by atoms with Crippen molar-refractivity contribution in [1.82, 2.24) is 19.5 Å². The number of fused-ring (bicyclic) bond motifs is 3. The maximum absolute atomic E-state index is 12.4. The molecule has 2 aromatic heterocycles. The Kier molecular flexibility index (Phi) is 5.80. The van der Waals surface area contributed by atoms with Gasteiger partial charge >= 0.3 is 0 Å². The quantitative estimate of drug-likeness (QED) is 0.553. The Morgan fingerprint density at radius 3 is 2.40 bits per heavy atom. The van der Waals surface area contributed by atoms with E-state index in [1.807, 2.05) is 6.92 Å². The number of hydrogen-bond acceptors (Lipinski definition) is 8. The molecule has 2 unspecified atom stereocenters. The molecule has 9 nitrogen and oxygen atoms in total. The van der Waals surface area contributed by atoms with Crippen molar-refractivity contribution in [2.45, 2.75) is 69.9 Å². The molecule has 9 heteroatoms. The molecular weight excluding hydrogens is 446 g/mol. The van der Waals surface area contributed by atoms with Crippen molar-refractivity contribution in [2.24, 2.45) is 7.05 Å². The topological polar surface area (TPSA) is 91.6 Å². The molecule has 35 heavy (non-hydrogen) atoms. The second kappa shape index (κ2) is 9.11. The van der Waals surface area contributed by atoms with Crippen LogP contribution in [0, 0.1) is 6.92 Å². The molecule has 2 aliphatic heterocycles. The van der Waals surface area contributed by atoms with Crippen LogP contribution in [0.5, 0.6) is 11.6 Å². The van der Waals surface area contributed by atoms with Crippen molar-refractivity contribution in [3.63, 3.8) is 0 Å². The van der Waals surface area contributed by atoms with Gasteiger partial charge in [0.2, 0.25) is 5.88 Å². The number of ether oxygens (including phenoxy) is 3. The van der Waals surface area contributed by atoms with Gasteiger partial charge in [-0.15, -0.1) is 0 Å². The van der Waals surface area contributed by atoms with E-state index in [9.17, 15) is 4.79 Å². The number of hydrogen-bond donors (Lipinski definition) is 0. The van der Waals surface area contributed by atoms with Gasteiger partial charge in [-0.2, -0.15) is 4.98 Å². The van der Waals surface area contributed by atoms with Gasteiger partial charge in [0.05, 0.1) is 30.0 Å². The summed E-state index contributed by atoms with van der Waals surface area (Å²) in [6.07, 6.45) is 9.59. The summed E-state index contributed by atoms with van der Waals surface area (Å²) in [5.74, 6) is 2.06. The summed E-state index contributed by atoms with van der Waals surface area (Å²) in [5.41, 5.74) is 2.45. The lowest BCUT2D eigenvalue weighted by Gasteiger charge is -2.34. The van der Waals surface area contributed by atoms with E-state index >= 15 is 0 Å². The maximum atomic E-state index is 12.4. The Bertz CT molecular complexity index is 1270. The number of aromatic nitrogens is 4. The predicted molar refractivity (Wildman–Crippen MR) is 131 cm³/mol. The molecule has 3 fully saturated rings. The van der Waals surface area contributed by atoms with Crippen LogP contribution in [0.25, 0.3) is 11.0 Å². The van der Waals surface area contributed by atoms with Crippen molar-refractivity contribution in [3.8, 4) is 11.6 Å². The average Bonchev–Trinajstić information content (AvgIpc) is 3.19. The van der Waals surface area contributed by atoms with E-state index in [0.29, 0.717) is 11.7 Å². The molecule has 3 aromatic rings. The Labute approximate surface area is 204 Å². The Balaban J connectivity index is 1.22. The van der Waals surface area contributed by atoms with Crippen LogP contribution in [-0.2, 0) is 11.8 Å². The van der Waals surface area contributed by atoms with E-state index in [-0.39, 0.29) is 30.0 Å². The lowest BCUT2D eigenvalue weighted by atomic mass is 9.95. The fourth-order valence-corrected chi connectivity index (χ4v) is 5.55. The molecule has 0 spiro atoms. The SMILES string of the molecule is Cc1nccc(O[C@H]2CC[C@@H](Oc3cc(N4CC5CCC(C4)O5)cc4ncc(=O)n(C)c34)CC2)n1. The molecule has 2 bridgehead atoms. The first-order chi connectivity index (χ1) is 17.0. The highest BCUT2D eigenvalue weighted by atomic mass is 16.5. The Morgan fingerprint density at radius 2 is 1.69 bits per heavy atom. The van der Waals surface area contributed by atoms with Crippen molar-refractivity contribution in [3.05, 3.63) is 46.8 Å². The molecule has 0 radical (unpaired) electrons. The van der Waals surface area contributed by atoms with Gasteiger partial charge in [-0.1, -0.05) is 0 Å². The monoisotopic (exact) mass is 477 g/mol. The van der Waals surface area contributed by atoms with Crippen LogP contribution < -0.4 is 19.9 Å². The number of morpholine rings is 1. The van der Waals surface area contributed by atoms with Gasteiger partial charge in [-0.3, -0.25) is 4.79 Å². The number of aryl methyl sites for hydroxylation is 2. The van der Waals surface area contributed by atoms with Crippen LogP contribution >= 0.6 is 0 Å². The minimum atomic E-state index is -0.142. The molecule has 1 aliphatic carbocycles. The zero-order chi connectivity index (χ0) is 23.9.